The predicted molar refractivity (Wildman–Crippen MR) is 64.8 cm³/mol. The number of amides is 1. The van der Waals surface area contributed by atoms with Gasteiger partial charge < -0.3 is 14.9 Å². The SMILES string of the molecule is CCCN(C(C)=O)C1(C(=O)O)CC(C)N(C)C1. The molecule has 0 saturated carbocycles. The van der Waals surface area contributed by atoms with Crippen LogP contribution in [0.4, 0.5) is 0 Å². The van der Waals surface area contributed by atoms with Gasteiger partial charge in [-0.1, -0.05) is 6.92 Å². The van der Waals surface area contributed by atoms with Crippen LogP contribution in [0.3, 0.4) is 0 Å². The van der Waals surface area contributed by atoms with Crippen molar-refractivity contribution in [3.05, 3.63) is 0 Å². The molecule has 17 heavy (non-hydrogen) atoms. The lowest BCUT2D eigenvalue weighted by Crippen LogP contribution is -2.58. The van der Waals surface area contributed by atoms with Crippen LogP contribution in [0.5, 0.6) is 0 Å². The molecule has 1 fully saturated rings. The molecule has 1 amide bonds. The first kappa shape index (κ1) is 14.0. The quantitative estimate of drug-likeness (QED) is 0.792. The van der Waals surface area contributed by atoms with Crippen molar-refractivity contribution >= 4 is 11.9 Å². The molecule has 98 valence electrons. The van der Waals surface area contributed by atoms with Crippen molar-refractivity contribution in [2.24, 2.45) is 0 Å². The minimum absolute atomic E-state index is 0.156. The Morgan fingerprint density at radius 3 is 2.41 bits per heavy atom. The van der Waals surface area contributed by atoms with Crippen LogP contribution in [0.1, 0.15) is 33.6 Å². The molecule has 0 spiro atoms. The minimum atomic E-state index is -1.05. The van der Waals surface area contributed by atoms with Gasteiger partial charge in [-0.25, -0.2) is 4.79 Å². The van der Waals surface area contributed by atoms with Crippen LogP contribution in [-0.4, -0.2) is 58.5 Å². The van der Waals surface area contributed by atoms with Gasteiger partial charge in [0.05, 0.1) is 0 Å². The van der Waals surface area contributed by atoms with Gasteiger partial charge in [0.1, 0.15) is 0 Å². The molecule has 1 aliphatic rings. The van der Waals surface area contributed by atoms with Crippen LogP contribution >= 0.6 is 0 Å². The van der Waals surface area contributed by atoms with Gasteiger partial charge in [0.15, 0.2) is 5.54 Å². The number of nitrogens with zero attached hydrogens (tertiary/aromatic N) is 2. The number of likely N-dealkylation sites (N-methyl/N-ethyl adjacent to an activating group) is 1. The van der Waals surface area contributed by atoms with Crippen molar-refractivity contribution in [2.75, 3.05) is 20.1 Å². The molecule has 5 heteroatoms. The molecular weight excluding hydrogens is 220 g/mol. The highest BCUT2D eigenvalue weighted by atomic mass is 16.4. The van der Waals surface area contributed by atoms with Crippen molar-refractivity contribution in [1.29, 1.82) is 0 Å². The van der Waals surface area contributed by atoms with E-state index in [-0.39, 0.29) is 11.9 Å². The summed E-state index contributed by atoms with van der Waals surface area (Å²) in [6.45, 7) is 6.30. The summed E-state index contributed by atoms with van der Waals surface area (Å²) in [7, 11) is 1.90. The predicted octanol–water partition coefficient (Wildman–Crippen LogP) is 0.792. The number of likely N-dealkylation sites (tertiary alicyclic amines) is 1. The van der Waals surface area contributed by atoms with Crippen molar-refractivity contribution < 1.29 is 14.7 Å². The van der Waals surface area contributed by atoms with Crippen molar-refractivity contribution in [2.45, 2.75) is 45.2 Å². The number of carbonyl (C=O) groups is 2. The van der Waals surface area contributed by atoms with Gasteiger partial charge >= 0.3 is 5.97 Å². The highest BCUT2D eigenvalue weighted by molar-refractivity contribution is 5.86. The van der Waals surface area contributed by atoms with E-state index in [1.807, 2.05) is 25.8 Å². The maximum atomic E-state index is 11.7. The highest BCUT2D eigenvalue weighted by Crippen LogP contribution is 2.32. The standard InChI is InChI=1S/C12H22N2O3/c1-5-6-14(10(3)15)12(11(16)17)7-9(2)13(4)8-12/h9H,5-8H2,1-4H3,(H,16,17). The molecular formula is C12H22N2O3. The average Bonchev–Trinajstić information content (AvgIpc) is 2.52. The van der Waals surface area contributed by atoms with Crippen LogP contribution < -0.4 is 0 Å². The maximum Gasteiger partial charge on any atom is 0.331 e. The fraction of sp³-hybridized carbons (Fsp3) is 0.833. The summed E-state index contributed by atoms with van der Waals surface area (Å²) in [5, 5.41) is 9.52. The first-order valence-corrected chi connectivity index (χ1v) is 6.07. The molecule has 0 radical (unpaired) electrons. The topological polar surface area (TPSA) is 60.9 Å². The second-order valence-corrected chi connectivity index (χ2v) is 4.98. The fourth-order valence-electron chi connectivity index (χ4n) is 2.64. The molecule has 0 aromatic rings. The number of carboxylic acids is 1. The Kier molecular flexibility index (Phi) is 4.14. The molecule has 0 aromatic carbocycles. The average molecular weight is 242 g/mol. The lowest BCUT2D eigenvalue weighted by molar-refractivity contribution is -0.157. The summed E-state index contributed by atoms with van der Waals surface area (Å²) in [6.07, 6.45) is 1.27. The smallest absolute Gasteiger partial charge is 0.331 e. The zero-order valence-electron chi connectivity index (χ0n) is 11.1. The van der Waals surface area contributed by atoms with Gasteiger partial charge in [-0.3, -0.25) is 4.79 Å². The lowest BCUT2D eigenvalue weighted by atomic mass is 9.93. The van der Waals surface area contributed by atoms with Gasteiger partial charge in [-0.2, -0.15) is 0 Å². The van der Waals surface area contributed by atoms with Crippen LogP contribution in [0.25, 0.3) is 0 Å². The largest absolute Gasteiger partial charge is 0.479 e. The number of carboxylic acid groups (broad SMARTS) is 1. The van der Waals surface area contributed by atoms with E-state index in [1.165, 1.54) is 11.8 Å². The Balaban J connectivity index is 3.07. The second-order valence-electron chi connectivity index (χ2n) is 4.98. The number of hydrogen-bond donors (Lipinski definition) is 1. The summed E-state index contributed by atoms with van der Waals surface area (Å²) in [4.78, 5) is 26.8. The Morgan fingerprint density at radius 2 is 2.12 bits per heavy atom. The van der Waals surface area contributed by atoms with Crippen molar-refractivity contribution in [1.82, 2.24) is 9.80 Å². The van der Waals surface area contributed by atoms with E-state index in [0.717, 1.165) is 6.42 Å². The molecule has 5 nitrogen and oxygen atoms in total. The summed E-state index contributed by atoms with van der Waals surface area (Å²) in [5.74, 6) is -1.05. The molecule has 0 aliphatic carbocycles. The van der Waals surface area contributed by atoms with Gasteiger partial charge in [-0.15, -0.1) is 0 Å². The second kappa shape index (κ2) is 5.04. The molecule has 0 bridgehead atoms. The third-order valence-corrected chi connectivity index (χ3v) is 3.64. The molecule has 2 unspecified atom stereocenters. The Morgan fingerprint density at radius 1 is 1.53 bits per heavy atom. The number of rotatable bonds is 4. The van der Waals surface area contributed by atoms with Gasteiger partial charge in [0, 0.05) is 26.1 Å². The minimum Gasteiger partial charge on any atom is -0.479 e. The van der Waals surface area contributed by atoms with E-state index >= 15 is 0 Å². The Labute approximate surface area is 102 Å². The Hall–Kier alpha value is -1.10. The zero-order chi connectivity index (χ0) is 13.2. The monoisotopic (exact) mass is 242 g/mol. The van der Waals surface area contributed by atoms with E-state index < -0.39 is 11.5 Å². The Bertz CT molecular complexity index is 307. The van der Waals surface area contributed by atoms with Crippen LogP contribution in [0.15, 0.2) is 0 Å². The molecule has 1 N–H and O–H groups in total. The number of hydrogen-bond acceptors (Lipinski definition) is 3. The van der Waals surface area contributed by atoms with E-state index in [9.17, 15) is 14.7 Å². The maximum absolute atomic E-state index is 11.7. The molecule has 1 saturated heterocycles. The first-order chi connectivity index (χ1) is 7.85. The van der Waals surface area contributed by atoms with Crippen molar-refractivity contribution in [3.8, 4) is 0 Å². The third-order valence-electron chi connectivity index (χ3n) is 3.64. The summed E-state index contributed by atoms with van der Waals surface area (Å²) < 4.78 is 0. The zero-order valence-corrected chi connectivity index (χ0v) is 11.1. The van der Waals surface area contributed by atoms with Crippen LogP contribution in [0, 0.1) is 0 Å². The van der Waals surface area contributed by atoms with Gasteiger partial charge in [0.25, 0.3) is 0 Å². The van der Waals surface area contributed by atoms with Crippen molar-refractivity contribution in [3.63, 3.8) is 0 Å². The normalized spacial score (nSPS) is 29.3. The molecule has 1 heterocycles. The fourth-order valence-corrected chi connectivity index (χ4v) is 2.64. The van der Waals surface area contributed by atoms with E-state index in [0.29, 0.717) is 19.5 Å². The van der Waals surface area contributed by atoms with Crippen LogP contribution in [-0.2, 0) is 9.59 Å². The van der Waals surface area contributed by atoms with E-state index in [2.05, 4.69) is 0 Å². The molecule has 0 aromatic heterocycles. The third kappa shape index (κ3) is 2.44. The summed E-state index contributed by atoms with van der Waals surface area (Å²) in [6, 6.07) is 0.185. The summed E-state index contributed by atoms with van der Waals surface area (Å²) in [5.41, 5.74) is -1.05. The summed E-state index contributed by atoms with van der Waals surface area (Å²) >= 11 is 0. The van der Waals surface area contributed by atoms with Gasteiger partial charge in [0.2, 0.25) is 5.91 Å². The van der Waals surface area contributed by atoms with E-state index in [1.54, 1.807) is 0 Å². The highest BCUT2D eigenvalue weighted by Gasteiger charge is 2.52. The van der Waals surface area contributed by atoms with Gasteiger partial charge in [-0.05, 0) is 26.8 Å². The molecule has 1 rings (SSSR count). The first-order valence-electron chi connectivity index (χ1n) is 6.07. The number of aliphatic carboxylic acids is 1. The van der Waals surface area contributed by atoms with Crippen LogP contribution in [0.2, 0.25) is 0 Å². The lowest BCUT2D eigenvalue weighted by Gasteiger charge is -2.37. The molecule has 2 atom stereocenters. The molecule has 1 aliphatic heterocycles. The number of carbonyl (C=O) groups excluding carboxylic acids is 1. The van der Waals surface area contributed by atoms with E-state index in [4.69, 9.17) is 0 Å².